The first-order chi connectivity index (χ1) is 9.60. The van der Waals surface area contributed by atoms with Crippen molar-refractivity contribution in [3.05, 3.63) is 64.2 Å². The summed E-state index contributed by atoms with van der Waals surface area (Å²) in [6.45, 7) is 2.72. The van der Waals surface area contributed by atoms with Crippen LogP contribution in [0.2, 0.25) is 5.02 Å². The summed E-state index contributed by atoms with van der Waals surface area (Å²) in [6.07, 6.45) is 0. The average molecular weight is 289 g/mol. The summed E-state index contributed by atoms with van der Waals surface area (Å²) in [5.74, 6) is -0.0739. The third-order valence-electron chi connectivity index (χ3n) is 3.13. The first kappa shape index (κ1) is 14.4. The van der Waals surface area contributed by atoms with E-state index < -0.39 is 0 Å². The van der Waals surface area contributed by atoms with Gasteiger partial charge in [0, 0.05) is 29.9 Å². The lowest BCUT2D eigenvalue weighted by molar-refractivity contribution is 0.0963. The summed E-state index contributed by atoms with van der Waals surface area (Å²) >= 11 is 5.99. The van der Waals surface area contributed by atoms with E-state index in [1.165, 1.54) is 0 Å². The molecule has 2 rings (SSSR count). The fraction of sp³-hybridized carbons (Fsp3) is 0.188. The van der Waals surface area contributed by atoms with Crippen molar-refractivity contribution in [1.29, 1.82) is 0 Å². The molecule has 0 radical (unpaired) electrons. The highest BCUT2D eigenvalue weighted by molar-refractivity contribution is 6.30. The molecule has 0 aliphatic rings. The summed E-state index contributed by atoms with van der Waals surface area (Å²) in [4.78, 5) is 11.4. The first-order valence-electron chi connectivity index (χ1n) is 6.41. The van der Waals surface area contributed by atoms with Gasteiger partial charge in [-0.2, -0.15) is 0 Å². The molecule has 0 unspecified atom stereocenters. The first-order valence-corrected chi connectivity index (χ1v) is 6.79. The third-order valence-corrected chi connectivity index (χ3v) is 3.36. The molecule has 2 aromatic carbocycles. The normalized spacial score (nSPS) is 10.2. The lowest BCUT2D eigenvalue weighted by atomic mass is 10.1. The van der Waals surface area contributed by atoms with Gasteiger partial charge in [0.25, 0.3) is 5.91 Å². The number of amides is 1. The zero-order valence-corrected chi connectivity index (χ0v) is 12.3. The van der Waals surface area contributed by atoms with E-state index in [4.69, 9.17) is 11.6 Å². The molecule has 0 bridgehead atoms. The maximum Gasteiger partial charge on any atom is 0.251 e. The van der Waals surface area contributed by atoms with E-state index in [0.717, 1.165) is 16.8 Å². The maximum absolute atomic E-state index is 11.4. The lowest BCUT2D eigenvalue weighted by Gasteiger charge is -2.10. The van der Waals surface area contributed by atoms with Crippen molar-refractivity contribution < 1.29 is 4.79 Å². The molecule has 3 nitrogen and oxygen atoms in total. The van der Waals surface area contributed by atoms with Crippen LogP contribution in [-0.4, -0.2) is 13.0 Å². The van der Waals surface area contributed by atoms with Crippen molar-refractivity contribution >= 4 is 23.2 Å². The van der Waals surface area contributed by atoms with E-state index >= 15 is 0 Å². The van der Waals surface area contributed by atoms with Gasteiger partial charge in [0.2, 0.25) is 0 Å². The molecule has 0 fully saturated rings. The van der Waals surface area contributed by atoms with E-state index in [0.29, 0.717) is 17.1 Å². The second kappa shape index (κ2) is 6.44. The Morgan fingerprint density at radius 1 is 1.15 bits per heavy atom. The minimum absolute atomic E-state index is 0.0739. The Bertz CT molecular complexity index is 608. The van der Waals surface area contributed by atoms with E-state index in [9.17, 15) is 4.79 Å². The van der Waals surface area contributed by atoms with E-state index in [1.54, 1.807) is 7.05 Å². The van der Waals surface area contributed by atoms with E-state index in [-0.39, 0.29) is 5.91 Å². The SMILES string of the molecule is CNC(=O)c1ccc(CNc2cc(Cl)ccc2C)cc1. The van der Waals surface area contributed by atoms with Crippen molar-refractivity contribution in [3.63, 3.8) is 0 Å². The smallest absolute Gasteiger partial charge is 0.251 e. The molecule has 2 aromatic rings. The number of rotatable bonds is 4. The number of halogens is 1. The quantitative estimate of drug-likeness (QED) is 0.902. The van der Waals surface area contributed by atoms with Gasteiger partial charge < -0.3 is 10.6 Å². The molecular formula is C16H17ClN2O. The number of aryl methyl sites for hydroxylation is 1. The van der Waals surface area contributed by atoms with Crippen LogP contribution < -0.4 is 10.6 Å². The van der Waals surface area contributed by atoms with Gasteiger partial charge in [-0.05, 0) is 42.3 Å². The fourth-order valence-corrected chi connectivity index (χ4v) is 2.07. The number of anilines is 1. The molecule has 0 spiro atoms. The molecule has 0 saturated carbocycles. The van der Waals surface area contributed by atoms with Gasteiger partial charge in [0.1, 0.15) is 0 Å². The minimum Gasteiger partial charge on any atom is -0.381 e. The Hall–Kier alpha value is -2.00. The molecule has 0 heterocycles. The Labute approximate surface area is 124 Å². The van der Waals surface area contributed by atoms with Crippen molar-refractivity contribution in [3.8, 4) is 0 Å². The molecule has 1 amide bonds. The molecule has 0 atom stereocenters. The number of nitrogens with one attached hydrogen (secondary N) is 2. The molecule has 20 heavy (non-hydrogen) atoms. The summed E-state index contributed by atoms with van der Waals surface area (Å²) in [6, 6.07) is 13.3. The standard InChI is InChI=1S/C16H17ClN2O/c1-11-3-8-14(17)9-15(11)19-10-12-4-6-13(7-5-12)16(20)18-2/h3-9,19H,10H2,1-2H3,(H,18,20). The highest BCUT2D eigenvalue weighted by atomic mass is 35.5. The van der Waals surface area contributed by atoms with Crippen molar-refractivity contribution in [2.45, 2.75) is 13.5 Å². The van der Waals surface area contributed by atoms with Crippen molar-refractivity contribution in [2.24, 2.45) is 0 Å². The highest BCUT2D eigenvalue weighted by Gasteiger charge is 2.03. The van der Waals surface area contributed by atoms with Gasteiger partial charge in [0.15, 0.2) is 0 Å². The monoisotopic (exact) mass is 288 g/mol. The number of carbonyl (C=O) groups excluding carboxylic acids is 1. The summed E-state index contributed by atoms with van der Waals surface area (Å²) in [5, 5.41) is 6.67. The number of carbonyl (C=O) groups is 1. The van der Waals surface area contributed by atoms with Crippen LogP contribution in [0.25, 0.3) is 0 Å². The zero-order valence-electron chi connectivity index (χ0n) is 11.5. The van der Waals surface area contributed by atoms with Crippen LogP contribution in [0, 0.1) is 6.92 Å². The molecule has 104 valence electrons. The van der Waals surface area contributed by atoms with Gasteiger partial charge in [-0.15, -0.1) is 0 Å². The van der Waals surface area contributed by atoms with Crippen molar-refractivity contribution in [1.82, 2.24) is 5.32 Å². The molecule has 0 aliphatic heterocycles. The van der Waals surface area contributed by atoms with Crippen LogP contribution in [0.1, 0.15) is 21.5 Å². The summed E-state index contributed by atoms with van der Waals surface area (Å²) in [5.41, 5.74) is 3.94. The number of hydrogen-bond acceptors (Lipinski definition) is 2. The zero-order chi connectivity index (χ0) is 14.5. The Morgan fingerprint density at radius 3 is 2.50 bits per heavy atom. The highest BCUT2D eigenvalue weighted by Crippen LogP contribution is 2.20. The number of hydrogen-bond donors (Lipinski definition) is 2. The Balaban J connectivity index is 2.04. The summed E-state index contributed by atoms with van der Waals surface area (Å²) in [7, 11) is 1.62. The molecule has 0 saturated heterocycles. The van der Waals surface area contributed by atoms with Gasteiger partial charge in [0.05, 0.1) is 0 Å². The van der Waals surface area contributed by atoms with Crippen LogP contribution >= 0.6 is 11.6 Å². The lowest BCUT2D eigenvalue weighted by Crippen LogP contribution is -2.17. The molecule has 0 aromatic heterocycles. The molecule has 4 heteroatoms. The van der Waals surface area contributed by atoms with Gasteiger partial charge in [-0.25, -0.2) is 0 Å². The minimum atomic E-state index is -0.0739. The topological polar surface area (TPSA) is 41.1 Å². The van der Waals surface area contributed by atoms with Gasteiger partial charge in [-0.1, -0.05) is 29.8 Å². The van der Waals surface area contributed by atoms with Crippen LogP contribution in [-0.2, 0) is 6.54 Å². The van der Waals surface area contributed by atoms with E-state index in [1.807, 2.05) is 49.4 Å². The van der Waals surface area contributed by atoms with E-state index in [2.05, 4.69) is 10.6 Å². The van der Waals surface area contributed by atoms with Crippen LogP contribution in [0.15, 0.2) is 42.5 Å². The summed E-state index contributed by atoms with van der Waals surface area (Å²) < 4.78 is 0. The fourth-order valence-electron chi connectivity index (χ4n) is 1.90. The Kier molecular flexibility index (Phi) is 4.64. The average Bonchev–Trinajstić information content (AvgIpc) is 2.48. The number of benzene rings is 2. The second-order valence-electron chi connectivity index (χ2n) is 4.59. The van der Waals surface area contributed by atoms with Gasteiger partial charge in [-0.3, -0.25) is 4.79 Å². The predicted octanol–water partition coefficient (Wildman–Crippen LogP) is 3.62. The largest absolute Gasteiger partial charge is 0.381 e. The second-order valence-corrected chi connectivity index (χ2v) is 5.03. The molecule has 2 N–H and O–H groups in total. The maximum atomic E-state index is 11.4. The van der Waals surface area contributed by atoms with Crippen LogP contribution in [0.5, 0.6) is 0 Å². The Morgan fingerprint density at radius 2 is 1.85 bits per heavy atom. The third kappa shape index (κ3) is 3.52. The van der Waals surface area contributed by atoms with Gasteiger partial charge >= 0.3 is 0 Å². The van der Waals surface area contributed by atoms with Crippen molar-refractivity contribution in [2.75, 3.05) is 12.4 Å². The van der Waals surface area contributed by atoms with Crippen LogP contribution in [0.3, 0.4) is 0 Å². The molecule has 0 aliphatic carbocycles. The molecular weight excluding hydrogens is 272 g/mol. The van der Waals surface area contributed by atoms with Crippen LogP contribution in [0.4, 0.5) is 5.69 Å². The predicted molar refractivity (Wildman–Crippen MR) is 83.3 cm³/mol.